The molecule has 0 aliphatic rings. The minimum Gasteiger partial charge on any atom is -0.324 e. The van der Waals surface area contributed by atoms with Crippen LogP contribution in [0.2, 0.25) is 0 Å². The van der Waals surface area contributed by atoms with Gasteiger partial charge in [0, 0.05) is 20.9 Å². The molecule has 2 nitrogen and oxygen atoms in total. The topological polar surface area (TPSA) is 17.8 Å². The fourth-order valence-electron chi connectivity index (χ4n) is 2.52. The predicted octanol–water partition coefficient (Wildman–Crippen LogP) is 5.24. The molecule has 0 N–H and O–H groups in total. The van der Waals surface area contributed by atoms with Crippen LogP contribution in [0.1, 0.15) is 23.7 Å². The molecule has 2 heterocycles. The van der Waals surface area contributed by atoms with Gasteiger partial charge in [-0.05, 0) is 59.2 Å². The molecule has 1 atom stereocenters. The lowest BCUT2D eigenvalue weighted by Gasteiger charge is -2.16. The van der Waals surface area contributed by atoms with E-state index in [1.807, 2.05) is 0 Å². The Bertz CT molecular complexity index is 721. The van der Waals surface area contributed by atoms with Crippen LogP contribution in [-0.4, -0.2) is 9.55 Å². The number of rotatable bonds is 4. The second kappa shape index (κ2) is 6.03. The van der Waals surface area contributed by atoms with Crippen LogP contribution < -0.4 is 0 Å². The first-order valence-electron chi connectivity index (χ1n) is 6.43. The van der Waals surface area contributed by atoms with Crippen molar-refractivity contribution >= 4 is 56.6 Å². The molecule has 5 heteroatoms. The third kappa shape index (κ3) is 2.73. The first-order chi connectivity index (χ1) is 9.69. The van der Waals surface area contributed by atoms with Crippen LogP contribution >= 0.6 is 45.5 Å². The molecule has 2 aromatic heterocycles. The highest BCUT2D eigenvalue weighted by Gasteiger charge is 2.16. The summed E-state index contributed by atoms with van der Waals surface area (Å²) in [5.74, 6) is 1.40. The fourth-order valence-corrected chi connectivity index (χ4v) is 4.01. The maximum absolute atomic E-state index is 6.09. The zero-order chi connectivity index (χ0) is 14.1. The van der Waals surface area contributed by atoms with Crippen molar-refractivity contribution in [2.24, 2.45) is 0 Å². The van der Waals surface area contributed by atoms with Crippen molar-refractivity contribution < 1.29 is 0 Å². The van der Waals surface area contributed by atoms with E-state index in [9.17, 15) is 0 Å². The van der Waals surface area contributed by atoms with Crippen molar-refractivity contribution in [1.82, 2.24) is 9.55 Å². The van der Waals surface area contributed by atoms with E-state index in [1.165, 1.54) is 14.0 Å². The molecule has 20 heavy (non-hydrogen) atoms. The number of nitrogens with zero attached hydrogens (tertiary/aromatic N) is 2. The van der Waals surface area contributed by atoms with Crippen molar-refractivity contribution in [2.45, 2.75) is 25.3 Å². The highest BCUT2D eigenvalue weighted by molar-refractivity contribution is 14.1. The number of aromatic nitrogens is 2. The first-order valence-corrected chi connectivity index (χ1v) is 8.93. The molecule has 1 aromatic carbocycles. The maximum atomic E-state index is 6.09. The third-order valence-corrected chi connectivity index (χ3v) is 5.17. The third-order valence-electron chi connectivity index (χ3n) is 3.36. The lowest BCUT2D eigenvalue weighted by molar-refractivity contribution is 0.547. The smallest absolute Gasteiger partial charge is 0.125 e. The Balaban J connectivity index is 2.04. The number of fused-ring (bicyclic) bond motifs is 1. The van der Waals surface area contributed by atoms with E-state index in [1.54, 1.807) is 11.3 Å². The Morgan fingerprint density at radius 1 is 1.40 bits per heavy atom. The Hall–Kier alpha value is -0.590. The molecule has 0 bridgehead atoms. The van der Waals surface area contributed by atoms with E-state index < -0.39 is 0 Å². The standard InChI is InChI=1S/C15H14ClIN2S/c1-10(7-12-3-2-6-20-12)19-14-5-4-11(17)8-13(14)18-15(19)9-16/h2-6,8,10H,7,9H2,1H3. The zero-order valence-electron chi connectivity index (χ0n) is 11.0. The van der Waals surface area contributed by atoms with Gasteiger partial charge in [-0.1, -0.05) is 6.07 Å². The molecular weight excluding hydrogens is 403 g/mol. The van der Waals surface area contributed by atoms with Crippen molar-refractivity contribution in [2.75, 3.05) is 0 Å². The molecule has 104 valence electrons. The van der Waals surface area contributed by atoms with Crippen molar-refractivity contribution in [3.05, 3.63) is 50.0 Å². The highest BCUT2D eigenvalue weighted by atomic mass is 127. The van der Waals surface area contributed by atoms with Gasteiger partial charge >= 0.3 is 0 Å². The van der Waals surface area contributed by atoms with Crippen LogP contribution in [0, 0.1) is 3.57 Å². The molecule has 0 amide bonds. The number of imidazole rings is 1. The maximum Gasteiger partial charge on any atom is 0.125 e. The minimum atomic E-state index is 0.354. The van der Waals surface area contributed by atoms with Gasteiger partial charge < -0.3 is 4.57 Å². The van der Waals surface area contributed by atoms with E-state index in [4.69, 9.17) is 11.6 Å². The molecule has 0 saturated carbocycles. The van der Waals surface area contributed by atoms with Crippen molar-refractivity contribution in [3.63, 3.8) is 0 Å². The van der Waals surface area contributed by atoms with E-state index in [2.05, 4.69) is 74.8 Å². The molecule has 0 radical (unpaired) electrons. The summed E-state index contributed by atoms with van der Waals surface area (Å²) in [5.41, 5.74) is 2.20. The molecule has 3 aromatic rings. The van der Waals surface area contributed by atoms with E-state index in [-0.39, 0.29) is 0 Å². The number of alkyl halides is 1. The summed E-state index contributed by atoms with van der Waals surface area (Å²) in [6, 6.07) is 11.0. The second-order valence-corrected chi connectivity index (χ2v) is 7.34. The van der Waals surface area contributed by atoms with Crippen LogP contribution in [0.15, 0.2) is 35.7 Å². The molecule has 0 aliphatic carbocycles. The van der Waals surface area contributed by atoms with Gasteiger partial charge in [-0.2, -0.15) is 0 Å². The summed E-state index contributed by atoms with van der Waals surface area (Å²) in [7, 11) is 0. The van der Waals surface area contributed by atoms with E-state index >= 15 is 0 Å². The molecule has 0 saturated heterocycles. The average molecular weight is 417 g/mol. The number of benzene rings is 1. The highest BCUT2D eigenvalue weighted by Crippen LogP contribution is 2.27. The predicted molar refractivity (Wildman–Crippen MR) is 94.7 cm³/mol. The zero-order valence-corrected chi connectivity index (χ0v) is 14.7. The Morgan fingerprint density at radius 2 is 2.25 bits per heavy atom. The Kier molecular flexibility index (Phi) is 4.33. The molecule has 0 fully saturated rings. The Morgan fingerprint density at radius 3 is 2.95 bits per heavy atom. The van der Waals surface area contributed by atoms with Gasteiger partial charge in [0.2, 0.25) is 0 Å². The summed E-state index contributed by atoms with van der Waals surface area (Å²) in [6.45, 7) is 2.23. The van der Waals surface area contributed by atoms with E-state index in [0.717, 1.165) is 17.8 Å². The summed E-state index contributed by atoms with van der Waals surface area (Å²) in [5, 5.41) is 2.12. The SMILES string of the molecule is CC(Cc1cccs1)n1c(CCl)nc2cc(I)ccc21. The van der Waals surface area contributed by atoms with Crippen LogP contribution in [0.25, 0.3) is 11.0 Å². The van der Waals surface area contributed by atoms with Gasteiger partial charge in [0.15, 0.2) is 0 Å². The fraction of sp³-hybridized carbons (Fsp3) is 0.267. The summed E-state index contributed by atoms with van der Waals surface area (Å²) in [6.07, 6.45) is 1.01. The number of hydrogen-bond acceptors (Lipinski definition) is 2. The minimum absolute atomic E-state index is 0.354. The van der Waals surface area contributed by atoms with Crippen LogP contribution in [0.5, 0.6) is 0 Å². The lowest BCUT2D eigenvalue weighted by Crippen LogP contribution is -2.10. The van der Waals surface area contributed by atoms with Crippen molar-refractivity contribution in [3.8, 4) is 0 Å². The molecule has 3 rings (SSSR count). The monoisotopic (exact) mass is 416 g/mol. The van der Waals surface area contributed by atoms with Gasteiger partial charge in [0.1, 0.15) is 5.82 Å². The molecule has 0 spiro atoms. The summed E-state index contributed by atoms with van der Waals surface area (Å²) >= 11 is 10.2. The van der Waals surface area contributed by atoms with Crippen LogP contribution in [0.3, 0.4) is 0 Å². The van der Waals surface area contributed by atoms with E-state index in [0.29, 0.717) is 11.9 Å². The van der Waals surface area contributed by atoms with Gasteiger partial charge in [0.05, 0.1) is 16.9 Å². The van der Waals surface area contributed by atoms with Gasteiger partial charge in [-0.15, -0.1) is 22.9 Å². The number of halogens is 2. The number of thiophene rings is 1. The first kappa shape index (κ1) is 14.4. The van der Waals surface area contributed by atoms with Gasteiger partial charge in [-0.3, -0.25) is 0 Å². The van der Waals surface area contributed by atoms with Crippen LogP contribution in [0.4, 0.5) is 0 Å². The van der Waals surface area contributed by atoms with Gasteiger partial charge in [-0.25, -0.2) is 4.98 Å². The Labute approximate surface area is 140 Å². The van der Waals surface area contributed by atoms with Crippen LogP contribution in [-0.2, 0) is 12.3 Å². The average Bonchev–Trinajstić information content (AvgIpc) is 3.04. The lowest BCUT2D eigenvalue weighted by atomic mass is 10.2. The second-order valence-electron chi connectivity index (χ2n) is 4.80. The summed E-state index contributed by atoms with van der Waals surface area (Å²) < 4.78 is 3.48. The van der Waals surface area contributed by atoms with Crippen molar-refractivity contribution in [1.29, 1.82) is 0 Å². The normalized spacial score (nSPS) is 12.9. The largest absolute Gasteiger partial charge is 0.324 e. The quantitative estimate of drug-likeness (QED) is 0.420. The molecular formula is C15H14ClIN2S. The number of hydrogen-bond donors (Lipinski definition) is 0. The molecule has 0 aliphatic heterocycles. The van der Waals surface area contributed by atoms with Gasteiger partial charge in [0.25, 0.3) is 0 Å². The molecule has 1 unspecified atom stereocenters. The summed E-state index contributed by atoms with van der Waals surface area (Å²) in [4.78, 5) is 6.07.